The van der Waals surface area contributed by atoms with Gasteiger partial charge >= 0.3 is 6.18 Å². The van der Waals surface area contributed by atoms with Crippen molar-refractivity contribution in [3.63, 3.8) is 0 Å². The van der Waals surface area contributed by atoms with Gasteiger partial charge in [0.05, 0.1) is 5.56 Å². The number of carbonyl (C=O) groups is 1. The molecule has 0 unspecified atom stereocenters. The van der Waals surface area contributed by atoms with Crippen LogP contribution in [0.1, 0.15) is 40.2 Å². The Bertz CT molecular complexity index is 520. The van der Waals surface area contributed by atoms with Crippen LogP contribution in [0.3, 0.4) is 0 Å². The van der Waals surface area contributed by atoms with E-state index in [1.165, 1.54) is 17.0 Å². The summed E-state index contributed by atoms with van der Waals surface area (Å²) in [6.07, 6.45) is -3.08. The number of piperidine rings is 1. The molecule has 1 N–H and O–H groups in total. The molecule has 0 aliphatic carbocycles. The van der Waals surface area contributed by atoms with E-state index in [-0.39, 0.29) is 17.4 Å². The Morgan fingerprint density at radius 2 is 1.86 bits per heavy atom. The predicted molar refractivity (Wildman–Crippen MR) is 74.3 cm³/mol. The first-order valence-corrected chi connectivity index (χ1v) is 6.94. The molecule has 1 aliphatic rings. The molecule has 2 rings (SSSR count). The van der Waals surface area contributed by atoms with Gasteiger partial charge in [-0.05, 0) is 55.6 Å². The lowest BCUT2D eigenvalue weighted by molar-refractivity contribution is -0.138. The summed E-state index contributed by atoms with van der Waals surface area (Å²) >= 11 is 0. The van der Waals surface area contributed by atoms with Gasteiger partial charge in [0, 0.05) is 19.7 Å². The standard InChI is InChI=1S/C15H19F3N2O/c1-20(2)14(21)11-3-4-13(15(16,17)18)12(9-11)10-5-7-19-8-6-10/h3-4,9-10,19H,5-8H2,1-2H3. The molecule has 1 saturated heterocycles. The largest absolute Gasteiger partial charge is 0.416 e. The predicted octanol–water partition coefficient (Wildman–Crippen LogP) is 2.87. The molecule has 0 spiro atoms. The van der Waals surface area contributed by atoms with Crippen LogP contribution < -0.4 is 5.32 Å². The molecule has 6 heteroatoms. The number of nitrogens with zero attached hydrogens (tertiary/aromatic N) is 1. The summed E-state index contributed by atoms with van der Waals surface area (Å²) in [5.74, 6) is -0.434. The van der Waals surface area contributed by atoms with E-state index in [0.29, 0.717) is 31.5 Å². The van der Waals surface area contributed by atoms with Gasteiger partial charge in [0.1, 0.15) is 0 Å². The zero-order valence-electron chi connectivity index (χ0n) is 12.1. The fourth-order valence-electron chi connectivity index (χ4n) is 2.68. The molecule has 0 bridgehead atoms. The fourth-order valence-corrected chi connectivity index (χ4v) is 2.68. The highest BCUT2D eigenvalue weighted by molar-refractivity contribution is 5.94. The van der Waals surface area contributed by atoms with Gasteiger partial charge < -0.3 is 10.2 Å². The van der Waals surface area contributed by atoms with Crippen molar-refractivity contribution >= 4 is 5.91 Å². The number of nitrogens with one attached hydrogen (secondary N) is 1. The molecule has 21 heavy (non-hydrogen) atoms. The molecular formula is C15H19F3N2O. The third-order valence-corrected chi connectivity index (χ3v) is 3.79. The van der Waals surface area contributed by atoms with Crippen molar-refractivity contribution in [2.24, 2.45) is 0 Å². The Hall–Kier alpha value is -1.56. The highest BCUT2D eigenvalue weighted by Gasteiger charge is 2.36. The van der Waals surface area contributed by atoms with Crippen molar-refractivity contribution in [1.82, 2.24) is 10.2 Å². The quantitative estimate of drug-likeness (QED) is 0.911. The number of benzene rings is 1. The van der Waals surface area contributed by atoms with Crippen LogP contribution in [-0.2, 0) is 6.18 Å². The molecule has 116 valence electrons. The normalized spacial score (nSPS) is 16.8. The zero-order chi connectivity index (χ0) is 15.6. The lowest BCUT2D eigenvalue weighted by atomic mass is 9.85. The van der Waals surface area contributed by atoms with Crippen LogP contribution in [0.2, 0.25) is 0 Å². The molecule has 1 aromatic carbocycles. The third kappa shape index (κ3) is 3.56. The summed E-state index contributed by atoms with van der Waals surface area (Å²) in [5, 5.41) is 3.14. The summed E-state index contributed by atoms with van der Waals surface area (Å²) in [6.45, 7) is 1.40. The van der Waals surface area contributed by atoms with Crippen molar-refractivity contribution in [2.75, 3.05) is 27.2 Å². The molecule has 1 fully saturated rings. The molecule has 0 atom stereocenters. The second kappa shape index (κ2) is 6.05. The zero-order valence-corrected chi connectivity index (χ0v) is 12.1. The van der Waals surface area contributed by atoms with Crippen molar-refractivity contribution < 1.29 is 18.0 Å². The van der Waals surface area contributed by atoms with Gasteiger partial charge in [-0.15, -0.1) is 0 Å². The van der Waals surface area contributed by atoms with E-state index in [9.17, 15) is 18.0 Å². The average Bonchev–Trinajstić information content (AvgIpc) is 2.45. The summed E-state index contributed by atoms with van der Waals surface area (Å²) in [6, 6.07) is 3.71. The highest BCUT2D eigenvalue weighted by atomic mass is 19.4. The van der Waals surface area contributed by atoms with Crippen LogP contribution in [0, 0.1) is 0 Å². The van der Waals surface area contributed by atoms with Gasteiger partial charge in [0.25, 0.3) is 5.91 Å². The Morgan fingerprint density at radius 1 is 1.24 bits per heavy atom. The Balaban J connectivity index is 2.45. The topological polar surface area (TPSA) is 32.3 Å². The van der Waals surface area contributed by atoms with E-state index >= 15 is 0 Å². The molecule has 1 heterocycles. The Labute approximate surface area is 122 Å². The van der Waals surface area contributed by atoms with Crippen LogP contribution in [-0.4, -0.2) is 38.0 Å². The van der Waals surface area contributed by atoms with Crippen molar-refractivity contribution in [3.8, 4) is 0 Å². The smallest absolute Gasteiger partial charge is 0.345 e. The first-order chi connectivity index (χ1) is 9.80. The van der Waals surface area contributed by atoms with Gasteiger partial charge in [0.15, 0.2) is 0 Å². The van der Waals surface area contributed by atoms with E-state index in [2.05, 4.69) is 5.32 Å². The monoisotopic (exact) mass is 300 g/mol. The second-order valence-corrected chi connectivity index (χ2v) is 5.52. The number of hydrogen-bond donors (Lipinski definition) is 1. The minimum absolute atomic E-state index is 0.155. The number of rotatable bonds is 2. The summed E-state index contributed by atoms with van der Waals surface area (Å²) < 4.78 is 39.6. The lowest BCUT2D eigenvalue weighted by Crippen LogP contribution is -2.28. The van der Waals surface area contributed by atoms with Gasteiger partial charge in [-0.2, -0.15) is 13.2 Å². The maximum atomic E-state index is 13.2. The molecular weight excluding hydrogens is 281 g/mol. The van der Waals surface area contributed by atoms with Gasteiger partial charge in [0.2, 0.25) is 0 Å². The van der Waals surface area contributed by atoms with Crippen molar-refractivity contribution in [1.29, 1.82) is 0 Å². The van der Waals surface area contributed by atoms with Crippen molar-refractivity contribution in [3.05, 3.63) is 34.9 Å². The molecule has 1 aromatic rings. The van der Waals surface area contributed by atoms with E-state index in [4.69, 9.17) is 0 Å². The minimum Gasteiger partial charge on any atom is -0.345 e. The molecule has 1 amide bonds. The van der Waals surface area contributed by atoms with Crippen LogP contribution in [0.5, 0.6) is 0 Å². The summed E-state index contributed by atoms with van der Waals surface area (Å²) in [7, 11) is 3.18. The first kappa shape index (κ1) is 15.8. The maximum absolute atomic E-state index is 13.2. The number of carbonyl (C=O) groups excluding carboxylic acids is 1. The maximum Gasteiger partial charge on any atom is 0.416 e. The highest BCUT2D eigenvalue weighted by Crippen LogP contribution is 2.38. The van der Waals surface area contributed by atoms with Gasteiger partial charge in [-0.1, -0.05) is 0 Å². The summed E-state index contributed by atoms with van der Waals surface area (Å²) in [4.78, 5) is 13.3. The van der Waals surface area contributed by atoms with E-state index < -0.39 is 11.7 Å². The molecule has 1 aliphatic heterocycles. The van der Waals surface area contributed by atoms with Gasteiger partial charge in [-0.25, -0.2) is 0 Å². The molecule has 0 saturated carbocycles. The van der Waals surface area contributed by atoms with Crippen LogP contribution in [0.25, 0.3) is 0 Å². The Morgan fingerprint density at radius 3 is 2.38 bits per heavy atom. The van der Waals surface area contributed by atoms with E-state index in [0.717, 1.165) is 6.07 Å². The van der Waals surface area contributed by atoms with Gasteiger partial charge in [-0.3, -0.25) is 4.79 Å². The number of alkyl halides is 3. The fraction of sp³-hybridized carbons (Fsp3) is 0.533. The third-order valence-electron chi connectivity index (χ3n) is 3.79. The lowest BCUT2D eigenvalue weighted by Gasteiger charge is -2.26. The number of hydrogen-bond acceptors (Lipinski definition) is 2. The van der Waals surface area contributed by atoms with Crippen LogP contribution in [0.4, 0.5) is 13.2 Å². The SMILES string of the molecule is CN(C)C(=O)c1ccc(C(F)(F)F)c(C2CCNCC2)c1. The second-order valence-electron chi connectivity index (χ2n) is 5.52. The van der Waals surface area contributed by atoms with E-state index in [1.807, 2.05) is 0 Å². The van der Waals surface area contributed by atoms with Crippen molar-refractivity contribution in [2.45, 2.75) is 24.9 Å². The van der Waals surface area contributed by atoms with Crippen LogP contribution >= 0.6 is 0 Å². The van der Waals surface area contributed by atoms with E-state index in [1.54, 1.807) is 14.1 Å². The minimum atomic E-state index is -4.39. The molecule has 0 radical (unpaired) electrons. The number of halogens is 3. The summed E-state index contributed by atoms with van der Waals surface area (Å²) in [5.41, 5.74) is -0.0667. The molecule has 3 nitrogen and oxygen atoms in total. The average molecular weight is 300 g/mol. The first-order valence-electron chi connectivity index (χ1n) is 6.94. The molecule has 0 aromatic heterocycles. The number of amides is 1. The Kier molecular flexibility index (Phi) is 4.56. The van der Waals surface area contributed by atoms with Crippen LogP contribution in [0.15, 0.2) is 18.2 Å².